The Balaban J connectivity index is 1.30. The minimum atomic E-state index is -0.978. The van der Waals surface area contributed by atoms with E-state index in [0.29, 0.717) is 38.6 Å². The number of pyridine rings is 1. The number of fused-ring (bicyclic) bond motifs is 3. The molecular formula is C29H23Cl2FN4O. The van der Waals surface area contributed by atoms with E-state index in [1.807, 2.05) is 36.5 Å². The minimum Gasteiger partial charge on any atom is -0.360 e. The Labute approximate surface area is 223 Å². The number of nitrogens with zero attached hydrogens (tertiary/aromatic N) is 1. The van der Waals surface area contributed by atoms with Gasteiger partial charge in [-0.1, -0.05) is 29.3 Å². The van der Waals surface area contributed by atoms with Crippen molar-refractivity contribution in [3.8, 4) is 0 Å². The van der Waals surface area contributed by atoms with Crippen LogP contribution in [-0.2, 0) is 12.1 Å². The molecule has 0 saturated carbocycles. The summed E-state index contributed by atoms with van der Waals surface area (Å²) in [5.41, 5.74) is 4.48. The van der Waals surface area contributed by atoms with Crippen LogP contribution in [-0.4, -0.2) is 15.9 Å². The summed E-state index contributed by atoms with van der Waals surface area (Å²) in [6.07, 6.45) is 3.47. The van der Waals surface area contributed by atoms with E-state index in [9.17, 15) is 9.18 Å². The van der Waals surface area contributed by atoms with Gasteiger partial charge in [0.1, 0.15) is 5.82 Å². The van der Waals surface area contributed by atoms with Crippen molar-refractivity contribution in [1.29, 1.82) is 0 Å². The molecule has 8 heteroatoms. The molecule has 0 fully saturated rings. The van der Waals surface area contributed by atoms with Crippen LogP contribution in [0.15, 0.2) is 67.0 Å². The van der Waals surface area contributed by atoms with Gasteiger partial charge in [-0.2, -0.15) is 0 Å². The van der Waals surface area contributed by atoms with E-state index in [0.717, 1.165) is 27.6 Å². The van der Waals surface area contributed by atoms with Crippen LogP contribution in [0.1, 0.15) is 52.5 Å². The smallest absolute Gasteiger partial charge is 0.251 e. The summed E-state index contributed by atoms with van der Waals surface area (Å²) in [6, 6.07) is 16.3. The van der Waals surface area contributed by atoms with Gasteiger partial charge in [-0.05, 0) is 79.1 Å². The van der Waals surface area contributed by atoms with Crippen LogP contribution >= 0.6 is 23.2 Å². The second-order valence-electron chi connectivity index (χ2n) is 9.93. The van der Waals surface area contributed by atoms with Gasteiger partial charge in [-0.15, -0.1) is 0 Å². The molecule has 1 atom stereocenters. The van der Waals surface area contributed by atoms with Crippen LogP contribution in [0.2, 0.25) is 10.0 Å². The lowest BCUT2D eigenvalue weighted by Gasteiger charge is -2.28. The van der Waals surface area contributed by atoms with E-state index in [4.69, 9.17) is 23.2 Å². The minimum absolute atomic E-state index is 0.109. The fourth-order valence-electron chi connectivity index (χ4n) is 5.07. The number of halogens is 3. The molecule has 186 valence electrons. The first-order valence-electron chi connectivity index (χ1n) is 11.9. The molecule has 6 rings (SSSR count). The lowest BCUT2D eigenvalue weighted by molar-refractivity contribution is 0.0910. The molecule has 3 heterocycles. The summed E-state index contributed by atoms with van der Waals surface area (Å²) < 4.78 is 15.0. The maximum Gasteiger partial charge on any atom is 0.251 e. The molecule has 2 aromatic heterocycles. The Kier molecular flexibility index (Phi) is 5.71. The number of nitrogens with one attached hydrogen (secondary N) is 3. The highest BCUT2D eigenvalue weighted by Gasteiger charge is 2.29. The standard InChI is InChI=1S/C29H23Cl2FN4O/c1-29(2,22-10-21-23(31)14-34-26(21)11-24(22)32)36-28(37)15-3-4-16-12-35-27(20(16)9-15)18-7-17-8-19(30)5-6-25(17)33-13-18/h3-11,13-14,27,34-35H,12H2,1-2H3,(H,36,37). The highest BCUT2D eigenvalue weighted by Crippen LogP contribution is 2.34. The fourth-order valence-corrected chi connectivity index (χ4v) is 5.47. The molecule has 5 nitrogen and oxygen atoms in total. The third kappa shape index (κ3) is 4.25. The third-order valence-electron chi connectivity index (χ3n) is 7.03. The molecule has 1 aliphatic rings. The average molecular weight is 533 g/mol. The zero-order chi connectivity index (χ0) is 25.9. The van der Waals surface area contributed by atoms with E-state index in [2.05, 4.69) is 26.7 Å². The Morgan fingerprint density at radius 1 is 1.11 bits per heavy atom. The normalized spacial score (nSPS) is 15.3. The molecule has 1 unspecified atom stereocenters. The number of hydrogen-bond acceptors (Lipinski definition) is 3. The molecule has 0 saturated heterocycles. The largest absolute Gasteiger partial charge is 0.360 e. The van der Waals surface area contributed by atoms with Crippen molar-refractivity contribution >= 4 is 50.9 Å². The van der Waals surface area contributed by atoms with Crippen LogP contribution < -0.4 is 10.6 Å². The van der Waals surface area contributed by atoms with E-state index < -0.39 is 11.4 Å². The predicted octanol–water partition coefficient (Wildman–Crippen LogP) is 7.02. The lowest BCUT2D eigenvalue weighted by Crippen LogP contribution is -2.41. The average Bonchev–Trinajstić information content (AvgIpc) is 3.45. The molecule has 37 heavy (non-hydrogen) atoms. The summed E-state index contributed by atoms with van der Waals surface area (Å²) in [6.45, 7) is 4.24. The number of carbonyl (C=O) groups excluding carboxylic acids is 1. The number of rotatable bonds is 4. The third-order valence-corrected chi connectivity index (χ3v) is 7.58. The zero-order valence-corrected chi connectivity index (χ0v) is 21.6. The van der Waals surface area contributed by atoms with Gasteiger partial charge in [0.2, 0.25) is 0 Å². The van der Waals surface area contributed by atoms with Crippen molar-refractivity contribution in [1.82, 2.24) is 20.6 Å². The first-order chi connectivity index (χ1) is 17.7. The highest BCUT2D eigenvalue weighted by molar-refractivity contribution is 6.35. The van der Waals surface area contributed by atoms with Gasteiger partial charge in [-0.3, -0.25) is 9.78 Å². The van der Waals surface area contributed by atoms with Crippen molar-refractivity contribution in [2.24, 2.45) is 0 Å². The zero-order valence-electron chi connectivity index (χ0n) is 20.1. The Bertz CT molecular complexity index is 1710. The maximum absolute atomic E-state index is 15.0. The van der Waals surface area contributed by atoms with Gasteiger partial charge in [0, 0.05) is 51.4 Å². The van der Waals surface area contributed by atoms with E-state index in [-0.39, 0.29) is 11.9 Å². The number of carbonyl (C=O) groups is 1. The Morgan fingerprint density at radius 2 is 1.95 bits per heavy atom. The van der Waals surface area contributed by atoms with E-state index in [1.165, 1.54) is 6.07 Å². The number of H-pyrrole nitrogens is 1. The van der Waals surface area contributed by atoms with Crippen molar-refractivity contribution in [2.75, 3.05) is 0 Å². The van der Waals surface area contributed by atoms with Crippen LogP contribution in [0.5, 0.6) is 0 Å². The molecule has 1 amide bonds. The van der Waals surface area contributed by atoms with Crippen LogP contribution in [0.3, 0.4) is 0 Å². The number of benzene rings is 3. The predicted molar refractivity (Wildman–Crippen MR) is 146 cm³/mol. The quantitative estimate of drug-likeness (QED) is 0.233. The first-order valence-corrected chi connectivity index (χ1v) is 12.7. The molecule has 5 aromatic rings. The molecule has 3 N–H and O–H groups in total. The maximum atomic E-state index is 15.0. The second-order valence-corrected chi connectivity index (χ2v) is 10.8. The number of hydrogen-bond donors (Lipinski definition) is 3. The van der Waals surface area contributed by atoms with Gasteiger partial charge in [0.05, 0.1) is 22.1 Å². The summed E-state index contributed by atoms with van der Waals surface area (Å²) in [5.74, 6) is -0.708. The second kappa shape index (κ2) is 8.84. The number of aromatic amines is 1. The van der Waals surface area contributed by atoms with Gasteiger partial charge >= 0.3 is 0 Å². The molecular weight excluding hydrogens is 510 g/mol. The summed E-state index contributed by atoms with van der Waals surface area (Å²) in [7, 11) is 0. The van der Waals surface area contributed by atoms with Crippen molar-refractivity contribution < 1.29 is 9.18 Å². The molecule has 1 aliphatic heterocycles. The van der Waals surface area contributed by atoms with Crippen LogP contribution in [0.4, 0.5) is 4.39 Å². The topological polar surface area (TPSA) is 69.8 Å². The summed E-state index contributed by atoms with van der Waals surface area (Å²) >= 11 is 12.4. The number of aromatic nitrogens is 2. The fraction of sp³-hybridized carbons (Fsp3) is 0.172. The van der Waals surface area contributed by atoms with Crippen molar-refractivity contribution in [3.05, 3.63) is 111 Å². The Hall–Kier alpha value is -3.45. The van der Waals surface area contributed by atoms with Crippen LogP contribution in [0.25, 0.3) is 21.8 Å². The van der Waals surface area contributed by atoms with Crippen LogP contribution in [0, 0.1) is 5.82 Å². The first kappa shape index (κ1) is 23.9. The summed E-state index contributed by atoms with van der Waals surface area (Å²) in [4.78, 5) is 20.9. The molecule has 0 aliphatic carbocycles. The van der Waals surface area contributed by atoms with Crippen molar-refractivity contribution in [3.63, 3.8) is 0 Å². The highest BCUT2D eigenvalue weighted by atomic mass is 35.5. The Morgan fingerprint density at radius 3 is 2.78 bits per heavy atom. The van der Waals surface area contributed by atoms with Gasteiger partial charge in [0.25, 0.3) is 5.91 Å². The summed E-state index contributed by atoms with van der Waals surface area (Å²) in [5, 5.41) is 9.34. The number of amides is 1. The van der Waals surface area contributed by atoms with Gasteiger partial charge in [0.15, 0.2) is 0 Å². The lowest BCUT2D eigenvalue weighted by atomic mass is 9.91. The molecule has 0 bridgehead atoms. The molecule has 0 radical (unpaired) electrons. The van der Waals surface area contributed by atoms with Crippen molar-refractivity contribution in [2.45, 2.75) is 32.0 Å². The monoisotopic (exact) mass is 532 g/mol. The molecule has 0 spiro atoms. The van der Waals surface area contributed by atoms with E-state index >= 15 is 0 Å². The van der Waals surface area contributed by atoms with Gasteiger partial charge < -0.3 is 15.6 Å². The van der Waals surface area contributed by atoms with Gasteiger partial charge in [-0.25, -0.2) is 4.39 Å². The van der Waals surface area contributed by atoms with E-state index in [1.54, 1.807) is 32.2 Å². The molecule has 3 aromatic carbocycles. The SMILES string of the molecule is CC(C)(NC(=O)c1ccc2c(c1)C(c1cnc3ccc(Cl)cc3c1)NC2)c1cc2c(Cl)c[nH]c2cc1F.